The van der Waals surface area contributed by atoms with Gasteiger partial charge in [0.1, 0.15) is 13.2 Å². The maximum atomic E-state index is 12.8. The Balaban J connectivity index is 4.02. The molecular weight excluding hydrogens is 889 g/mol. The van der Waals surface area contributed by atoms with Crippen molar-refractivity contribution < 1.29 is 28.6 Å². The molecule has 72 heavy (non-hydrogen) atoms. The summed E-state index contributed by atoms with van der Waals surface area (Å²) in [4.78, 5) is 38.0. The van der Waals surface area contributed by atoms with Gasteiger partial charge in [-0.15, -0.1) is 0 Å². The van der Waals surface area contributed by atoms with E-state index in [4.69, 9.17) is 14.2 Å². The molecule has 0 fully saturated rings. The van der Waals surface area contributed by atoms with E-state index in [2.05, 4.69) is 93.7 Å². The Hall–Kier alpha value is -3.15. The van der Waals surface area contributed by atoms with Crippen molar-refractivity contribution in [1.29, 1.82) is 0 Å². The van der Waals surface area contributed by atoms with E-state index in [-0.39, 0.29) is 31.1 Å². The van der Waals surface area contributed by atoms with Crippen LogP contribution in [-0.2, 0) is 28.6 Å². The van der Waals surface area contributed by atoms with E-state index in [1.807, 2.05) is 0 Å². The van der Waals surface area contributed by atoms with Crippen molar-refractivity contribution in [2.75, 3.05) is 13.2 Å². The molecule has 0 radical (unpaired) electrons. The van der Waals surface area contributed by atoms with Crippen molar-refractivity contribution in [3.63, 3.8) is 0 Å². The highest BCUT2D eigenvalue weighted by molar-refractivity contribution is 5.71. The van der Waals surface area contributed by atoms with E-state index in [0.29, 0.717) is 19.3 Å². The normalized spacial score (nSPS) is 12.5. The number of carbonyl (C=O) groups is 3. The zero-order chi connectivity index (χ0) is 52.2. The lowest BCUT2D eigenvalue weighted by Gasteiger charge is -2.18. The summed E-state index contributed by atoms with van der Waals surface area (Å²) in [6.45, 7) is 6.47. The highest BCUT2D eigenvalue weighted by atomic mass is 16.6. The van der Waals surface area contributed by atoms with Crippen LogP contribution in [0, 0.1) is 0 Å². The van der Waals surface area contributed by atoms with Crippen molar-refractivity contribution in [1.82, 2.24) is 0 Å². The molecule has 0 bridgehead atoms. The number of ether oxygens (including phenoxy) is 3. The first kappa shape index (κ1) is 68.8. The van der Waals surface area contributed by atoms with Crippen LogP contribution in [0.5, 0.6) is 0 Å². The molecule has 1 unspecified atom stereocenters. The highest BCUT2D eigenvalue weighted by Crippen LogP contribution is 2.17. The monoisotopic (exact) mass is 1000 g/mol. The van der Waals surface area contributed by atoms with Crippen molar-refractivity contribution in [2.45, 2.75) is 316 Å². The summed E-state index contributed by atoms with van der Waals surface area (Å²) in [5, 5.41) is 0. The van der Waals surface area contributed by atoms with Crippen molar-refractivity contribution >= 4 is 17.9 Å². The van der Waals surface area contributed by atoms with Crippen LogP contribution in [-0.4, -0.2) is 37.2 Å². The van der Waals surface area contributed by atoms with Gasteiger partial charge in [0.05, 0.1) is 0 Å². The van der Waals surface area contributed by atoms with Gasteiger partial charge in [-0.3, -0.25) is 14.4 Å². The Bertz CT molecular complexity index is 1340. The minimum absolute atomic E-state index is 0.0731. The van der Waals surface area contributed by atoms with Gasteiger partial charge < -0.3 is 14.2 Å². The van der Waals surface area contributed by atoms with Crippen LogP contribution in [0.15, 0.2) is 72.9 Å². The highest BCUT2D eigenvalue weighted by Gasteiger charge is 2.19. The predicted molar refractivity (Wildman–Crippen MR) is 311 cm³/mol. The molecule has 0 heterocycles. The summed E-state index contributed by atoms with van der Waals surface area (Å²) in [6.07, 6.45) is 77.9. The molecule has 0 aromatic heterocycles. The van der Waals surface area contributed by atoms with E-state index >= 15 is 0 Å². The van der Waals surface area contributed by atoms with Crippen LogP contribution >= 0.6 is 0 Å². The smallest absolute Gasteiger partial charge is 0.306 e. The van der Waals surface area contributed by atoms with Gasteiger partial charge in [0.15, 0.2) is 6.10 Å². The molecule has 6 heteroatoms. The Labute approximate surface area is 446 Å². The lowest BCUT2D eigenvalue weighted by atomic mass is 10.0. The molecule has 0 aromatic rings. The second-order valence-electron chi connectivity index (χ2n) is 20.6. The number of hydrogen-bond donors (Lipinski definition) is 0. The van der Waals surface area contributed by atoms with Gasteiger partial charge in [-0.25, -0.2) is 0 Å². The number of rotatable bonds is 56. The molecule has 0 saturated heterocycles. The van der Waals surface area contributed by atoms with Crippen molar-refractivity contribution in [3.05, 3.63) is 72.9 Å². The second kappa shape index (κ2) is 60.4. The lowest BCUT2D eigenvalue weighted by molar-refractivity contribution is -0.167. The van der Waals surface area contributed by atoms with Gasteiger partial charge in [0, 0.05) is 19.3 Å². The maximum Gasteiger partial charge on any atom is 0.306 e. The van der Waals surface area contributed by atoms with Gasteiger partial charge in [0.2, 0.25) is 0 Å². The average Bonchev–Trinajstić information content (AvgIpc) is 3.38. The van der Waals surface area contributed by atoms with Crippen LogP contribution in [0.25, 0.3) is 0 Å². The fourth-order valence-electron chi connectivity index (χ4n) is 8.83. The van der Waals surface area contributed by atoms with Gasteiger partial charge in [-0.2, -0.15) is 0 Å². The van der Waals surface area contributed by atoms with Crippen LogP contribution in [0.2, 0.25) is 0 Å². The third kappa shape index (κ3) is 57.7. The van der Waals surface area contributed by atoms with Crippen molar-refractivity contribution in [3.8, 4) is 0 Å². The maximum absolute atomic E-state index is 12.8. The minimum Gasteiger partial charge on any atom is -0.462 e. The van der Waals surface area contributed by atoms with E-state index in [1.165, 1.54) is 167 Å². The van der Waals surface area contributed by atoms with Gasteiger partial charge in [-0.1, -0.05) is 280 Å². The van der Waals surface area contributed by atoms with Crippen LogP contribution in [0.1, 0.15) is 310 Å². The fourth-order valence-corrected chi connectivity index (χ4v) is 8.83. The summed E-state index contributed by atoms with van der Waals surface area (Å²) < 4.78 is 16.8. The second-order valence-corrected chi connectivity index (χ2v) is 20.6. The molecule has 0 N–H and O–H groups in total. The first-order valence-electron chi connectivity index (χ1n) is 30.9. The SMILES string of the molecule is CC/C=C\C/C=C\C/C=C\C/C=C\C/C=C\CCCCCCCCCCCCCCCCCCCC(=O)OCC(COC(=O)CCCCCCC/C=C\CCC)OC(=O)CCCCCCCCCCCCC. The van der Waals surface area contributed by atoms with Crippen LogP contribution < -0.4 is 0 Å². The number of carbonyl (C=O) groups excluding carboxylic acids is 3. The Morgan fingerprint density at radius 2 is 0.569 bits per heavy atom. The summed E-state index contributed by atoms with van der Waals surface area (Å²) in [7, 11) is 0. The first-order valence-corrected chi connectivity index (χ1v) is 30.9. The average molecular weight is 1010 g/mol. The Kier molecular flexibility index (Phi) is 57.8. The largest absolute Gasteiger partial charge is 0.462 e. The van der Waals surface area contributed by atoms with Gasteiger partial charge >= 0.3 is 17.9 Å². The molecule has 0 spiro atoms. The number of hydrogen-bond acceptors (Lipinski definition) is 6. The lowest BCUT2D eigenvalue weighted by Crippen LogP contribution is -2.30. The zero-order valence-electron chi connectivity index (χ0n) is 47.7. The molecule has 0 aromatic carbocycles. The topological polar surface area (TPSA) is 78.9 Å². The zero-order valence-corrected chi connectivity index (χ0v) is 47.7. The van der Waals surface area contributed by atoms with E-state index in [1.54, 1.807) is 0 Å². The van der Waals surface area contributed by atoms with Gasteiger partial charge in [-0.05, 0) is 83.5 Å². The fraction of sp³-hybridized carbons (Fsp3) is 0.773. The molecule has 0 aliphatic rings. The molecule has 6 nitrogen and oxygen atoms in total. The molecule has 0 aliphatic heterocycles. The quantitative estimate of drug-likeness (QED) is 0.0261. The molecule has 1 atom stereocenters. The third-order valence-corrected chi connectivity index (χ3v) is 13.4. The van der Waals surface area contributed by atoms with E-state index < -0.39 is 6.10 Å². The minimum atomic E-state index is -0.772. The summed E-state index contributed by atoms with van der Waals surface area (Å²) in [5.74, 6) is -0.873. The number of unbranched alkanes of at least 4 members (excludes halogenated alkanes) is 33. The van der Waals surface area contributed by atoms with Crippen molar-refractivity contribution in [2.24, 2.45) is 0 Å². The summed E-state index contributed by atoms with van der Waals surface area (Å²) >= 11 is 0. The first-order chi connectivity index (χ1) is 35.5. The Morgan fingerprint density at radius 1 is 0.292 bits per heavy atom. The number of allylic oxidation sites excluding steroid dienone is 12. The summed E-state index contributed by atoms with van der Waals surface area (Å²) in [6, 6.07) is 0. The molecule has 0 aliphatic carbocycles. The van der Waals surface area contributed by atoms with E-state index in [0.717, 1.165) is 103 Å². The molecule has 0 rings (SSSR count). The molecular formula is C66H116O6. The summed E-state index contributed by atoms with van der Waals surface area (Å²) in [5.41, 5.74) is 0. The third-order valence-electron chi connectivity index (χ3n) is 13.4. The van der Waals surface area contributed by atoms with Crippen LogP contribution in [0.3, 0.4) is 0 Å². The predicted octanol–water partition coefficient (Wildman–Crippen LogP) is 20.9. The standard InChI is InChI=1S/C66H116O6/c1-4-7-10-13-16-19-22-23-24-25-26-27-28-29-30-31-32-33-34-35-36-37-38-39-40-41-42-43-45-47-50-53-56-59-65(68)71-62-63(61-70-64(67)58-55-52-49-46-21-18-15-12-9-6-3)72-66(69)60-57-54-51-48-44-20-17-14-11-8-5-2/h7,10,12,15-16,19,23-24,26-27,29-30,63H,4-6,8-9,11,13-14,17-18,20-22,25,28,31-62H2,1-3H3/b10-7-,15-12-,19-16-,24-23-,27-26-,30-29-. The Morgan fingerprint density at radius 3 is 0.917 bits per heavy atom. The molecule has 0 saturated carbocycles. The van der Waals surface area contributed by atoms with Gasteiger partial charge in [0.25, 0.3) is 0 Å². The molecule has 416 valence electrons. The van der Waals surface area contributed by atoms with Crippen LogP contribution in [0.4, 0.5) is 0 Å². The number of esters is 3. The molecule has 0 amide bonds. The van der Waals surface area contributed by atoms with E-state index in [9.17, 15) is 14.4 Å².